The SMILES string of the molecule is CN1C(=O)C([Se]c2ccccc2)=C(c2ccccc2)[C@@]12C=CC=CC2=O. The van der Waals surface area contributed by atoms with E-state index in [2.05, 4.69) is 0 Å². The Bertz CT molecular complexity index is 960. The Kier molecular flexibility index (Phi) is 4.23. The van der Waals surface area contributed by atoms with Gasteiger partial charge in [0.05, 0.1) is 0 Å². The molecule has 0 N–H and O–H groups in total. The van der Waals surface area contributed by atoms with Gasteiger partial charge in [-0.05, 0) is 0 Å². The van der Waals surface area contributed by atoms with Gasteiger partial charge in [0.2, 0.25) is 0 Å². The van der Waals surface area contributed by atoms with E-state index in [1.807, 2.05) is 72.8 Å². The van der Waals surface area contributed by atoms with Crippen molar-refractivity contribution in [2.24, 2.45) is 0 Å². The quantitative estimate of drug-likeness (QED) is 0.734. The van der Waals surface area contributed by atoms with Crippen LogP contribution in [-0.2, 0) is 9.59 Å². The summed E-state index contributed by atoms with van der Waals surface area (Å²) in [6.07, 6.45) is 7.00. The maximum atomic E-state index is 13.2. The summed E-state index contributed by atoms with van der Waals surface area (Å²) in [4.78, 5) is 27.8. The number of rotatable bonds is 3. The topological polar surface area (TPSA) is 37.4 Å². The summed E-state index contributed by atoms with van der Waals surface area (Å²) in [7, 11) is 1.72. The molecule has 1 amide bonds. The predicted molar refractivity (Wildman–Crippen MR) is 104 cm³/mol. The second kappa shape index (κ2) is 6.56. The van der Waals surface area contributed by atoms with Gasteiger partial charge in [0.1, 0.15) is 0 Å². The van der Waals surface area contributed by atoms with E-state index in [0.29, 0.717) is 0 Å². The third kappa shape index (κ3) is 2.50. The van der Waals surface area contributed by atoms with Gasteiger partial charge >= 0.3 is 159 Å². The molecular formula is C22H17NO2Se. The molecule has 3 nitrogen and oxygen atoms in total. The standard InChI is InChI=1S/C22H17NO2Se/c1-23-21(25)20(26-17-12-6-3-7-13-17)19(16-10-4-2-5-11-16)22(23)15-9-8-14-18(22)24/h2-15H,1H3/t22-/m0/s1. The normalized spacial score (nSPS) is 22.0. The molecule has 0 fully saturated rings. The molecule has 2 aromatic carbocycles. The molecule has 0 aromatic heterocycles. The van der Waals surface area contributed by atoms with E-state index >= 15 is 0 Å². The molecule has 128 valence electrons. The van der Waals surface area contributed by atoms with Crippen LogP contribution in [0.4, 0.5) is 0 Å². The number of likely N-dealkylation sites (N-methyl/N-ethyl adjacent to an activating group) is 1. The van der Waals surface area contributed by atoms with Crippen molar-refractivity contribution in [2.45, 2.75) is 5.54 Å². The fraction of sp³-hybridized carbons (Fsp3) is 0.0909. The Morgan fingerprint density at radius 3 is 2.19 bits per heavy atom. The van der Waals surface area contributed by atoms with E-state index in [4.69, 9.17) is 0 Å². The van der Waals surface area contributed by atoms with E-state index < -0.39 is 5.54 Å². The molecule has 1 spiro atoms. The van der Waals surface area contributed by atoms with Crippen molar-refractivity contribution in [1.82, 2.24) is 4.90 Å². The molecule has 0 saturated heterocycles. The Morgan fingerprint density at radius 1 is 0.885 bits per heavy atom. The fourth-order valence-electron chi connectivity index (χ4n) is 3.45. The monoisotopic (exact) mass is 407 g/mol. The third-order valence-electron chi connectivity index (χ3n) is 4.73. The second-order valence-electron chi connectivity index (χ2n) is 6.20. The molecule has 4 heteroatoms. The summed E-state index contributed by atoms with van der Waals surface area (Å²) in [6, 6.07) is 19.8. The average molecular weight is 406 g/mol. The third-order valence-corrected chi connectivity index (χ3v) is 7.02. The van der Waals surface area contributed by atoms with E-state index in [9.17, 15) is 9.59 Å². The van der Waals surface area contributed by atoms with Gasteiger partial charge in [0.15, 0.2) is 0 Å². The minimum absolute atomic E-state index is 0.0685. The Morgan fingerprint density at radius 2 is 1.54 bits per heavy atom. The van der Waals surface area contributed by atoms with Crippen molar-refractivity contribution < 1.29 is 9.59 Å². The van der Waals surface area contributed by atoms with Crippen LogP contribution in [0.15, 0.2) is 89.4 Å². The van der Waals surface area contributed by atoms with Crippen LogP contribution >= 0.6 is 0 Å². The fourth-order valence-corrected chi connectivity index (χ4v) is 5.82. The average Bonchev–Trinajstić information content (AvgIpc) is 2.88. The zero-order chi connectivity index (χ0) is 18.1. The molecule has 1 aliphatic carbocycles. The maximum absolute atomic E-state index is 13.2. The van der Waals surface area contributed by atoms with Gasteiger partial charge in [-0.15, -0.1) is 0 Å². The number of benzene rings is 2. The van der Waals surface area contributed by atoms with Crippen molar-refractivity contribution in [3.63, 3.8) is 0 Å². The van der Waals surface area contributed by atoms with Crippen molar-refractivity contribution in [2.75, 3.05) is 7.05 Å². The van der Waals surface area contributed by atoms with Crippen LogP contribution in [0.5, 0.6) is 0 Å². The van der Waals surface area contributed by atoms with Crippen LogP contribution in [0.3, 0.4) is 0 Å². The summed E-state index contributed by atoms with van der Waals surface area (Å²) in [5.74, 6) is -0.144. The number of hydrogen-bond acceptors (Lipinski definition) is 2. The number of carbonyl (C=O) groups is 2. The number of amides is 1. The van der Waals surface area contributed by atoms with Gasteiger partial charge < -0.3 is 0 Å². The van der Waals surface area contributed by atoms with Crippen LogP contribution in [0, 0.1) is 0 Å². The molecular weight excluding hydrogens is 389 g/mol. The first-order valence-electron chi connectivity index (χ1n) is 8.36. The van der Waals surface area contributed by atoms with E-state index in [1.54, 1.807) is 24.1 Å². The van der Waals surface area contributed by atoms with E-state index in [-0.39, 0.29) is 26.6 Å². The number of carbonyl (C=O) groups excluding carboxylic acids is 2. The number of ketones is 1. The van der Waals surface area contributed by atoms with Gasteiger partial charge in [-0.2, -0.15) is 0 Å². The molecule has 26 heavy (non-hydrogen) atoms. The van der Waals surface area contributed by atoms with Crippen LogP contribution in [-0.4, -0.2) is 44.1 Å². The van der Waals surface area contributed by atoms with Gasteiger partial charge in [-0.25, -0.2) is 0 Å². The van der Waals surface area contributed by atoms with Crippen LogP contribution < -0.4 is 4.46 Å². The molecule has 1 aliphatic heterocycles. The molecule has 2 aromatic rings. The van der Waals surface area contributed by atoms with Crippen LogP contribution in [0.1, 0.15) is 5.56 Å². The molecule has 0 saturated carbocycles. The summed E-state index contributed by atoms with van der Waals surface area (Å²) in [5.41, 5.74) is 0.699. The zero-order valence-corrected chi connectivity index (χ0v) is 16.0. The molecule has 2 aliphatic rings. The van der Waals surface area contributed by atoms with Crippen LogP contribution in [0.2, 0.25) is 0 Å². The number of allylic oxidation sites excluding steroid dienone is 2. The zero-order valence-electron chi connectivity index (χ0n) is 14.3. The predicted octanol–water partition coefficient (Wildman–Crippen LogP) is 2.33. The van der Waals surface area contributed by atoms with Gasteiger partial charge in [0, 0.05) is 0 Å². The minimum atomic E-state index is -1.04. The van der Waals surface area contributed by atoms with Crippen LogP contribution in [0.25, 0.3) is 5.57 Å². The van der Waals surface area contributed by atoms with Gasteiger partial charge in [-0.1, -0.05) is 0 Å². The Balaban J connectivity index is 1.95. The van der Waals surface area contributed by atoms with Crippen molar-refractivity contribution in [3.8, 4) is 0 Å². The number of nitrogens with zero attached hydrogens (tertiary/aromatic N) is 1. The molecule has 0 radical (unpaired) electrons. The molecule has 0 bridgehead atoms. The van der Waals surface area contributed by atoms with Gasteiger partial charge in [0.25, 0.3) is 0 Å². The molecule has 4 rings (SSSR count). The molecule has 1 atom stereocenters. The first-order valence-corrected chi connectivity index (χ1v) is 10.1. The molecule has 1 heterocycles. The summed E-state index contributed by atoms with van der Waals surface area (Å²) in [6.45, 7) is 0. The Labute approximate surface area is 158 Å². The second-order valence-corrected chi connectivity index (χ2v) is 8.47. The first-order chi connectivity index (χ1) is 12.6. The first kappa shape index (κ1) is 16.8. The van der Waals surface area contributed by atoms with E-state index in [1.165, 1.54) is 0 Å². The van der Waals surface area contributed by atoms with Crippen molar-refractivity contribution >= 4 is 36.7 Å². The van der Waals surface area contributed by atoms with Crippen molar-refractivity contribution in [3.05, 3.63) is 95.0 Å². The van der Waals surface area contributed by atoms with Crippen molar-refractivity contribution in [1.29, 1.82) is 0 Å². The van der Waals surface area contributed by atoms with E-state index in [0.717, 1.165) is 20.1 Å². The summed E-state index contributed by atoms with van der Waals surface area (Å²) >= 11 is -0.184. The number of hydrogen-bond donors (Lipinski definition) is 0. The molecule has 0 unspecified atom stereocenters. The Hall–Kier alpha value is -2.68. The summed E-state index contributed by atoms with van der Waals surface area (Å²) in [5, 5.41) is 0. The summed E-state index contributed by atoms with van der Waals surface area (Å²) < 4.78 is 1.86. The van der Waals surface area contributed by atoms with Gasteiger partial charge in [-0.3, -0.25) is 0 Å².